The number of benzene rings is 1. The number of carbonyl (C=O) groups excluding carboxylic acids is 2. The highest BCUT2D eigenvalue weighted by Crippen LogP contribution is 2.55. The van der Waals surface area contributed by atoms with E-state index in [1.165, 1.54) is 19.3 Å². The molecule has 0 aromatic heterocycles. The van der Waals surface area contributed by atoms with Gasteiger partial charge in [-0.2, -0.15) is 0 Å². The molecule has 4 fully saturated rings. The molecular formula is C20H25NO4. The minimum Gasteiger partial charge on any atom is -0.453 e. The van der Waals surface area contributed by atoms with Crippen LogP contribution in [0.4, 0.5) is 0 Å². The predicted octanol–water partition coefficient (Wildman–Crippen LogP) is 2.35. The summed E-state index contributed by atoms with van der Waals surface area (Å²) in [5.41, 5.74) is 0.380. The average Bonchev–Trinajstić information content (AvgIpc) is 2.58. The number of hydrogen-bond acceptors (Lipinski definition) is 4. The molecule has 0 heterocycles. The fraction of sp³-hybridized carbons (Fsp3) is 0.600. The van der Waals surface area contributed by atoms with Gasteiger partial charge in [0.05, 0.1) is 0 Å². The van der Waals surface area contributed by atoms with E-state index in [2.05, 4.69) is 5.32 Å². The Morgan fingerprint density at radius 2 is 1.64 bits per heavy atom. The Bertz CT molecular complexity index is 622. The summed E-state index contributed by atoms with van der Waals surface area (Å²) in [7, 11) is 0. The average molecular weight is 343 g/mol. The molecule has 5 nitrogen and oxygen atoms in total. The molecule has 4 aliphatic carbocycles. The van der Waals surface area contributed by atoms with Gasteiger partial charge in [-0.25, -0.2) is 4.79 Å². The standard InChI is InChI=1S/C20H25NO4/c22-17(12-25-19(24)18(23)16-4-2-1-3-5-16)21-20-9-13-6-14(10-20)8-15(7-13)11-20/h1-5,13-15,18,23H,6-12H2,(H,21,22)/t13?,14?,15?,18-,20?/m0/s1. The van der Waals surface area contributed by atoms with Crippen molar-refractivity contribution in [3.8, 4) is 0 Å². The quantitative estimate of drug-likeness (QED) is 0.805. The number of ether oxygens (including phenoxy) is 1. The van der Waals surface area contributed by atoms with Gasteiger partial charge in [-0.1, -0.05) is 30.3 Å². The molecular weight excluding hydrogens is 318 g/mol. The van der Waals surface area contributed by atoms with Crippen LogP contribution in [0.2, 0.25) is 0 Å². The Hall–Kier alpha value is -1.88. The highest BCUT2D eigenvalue weighted by molar-refractivity contribution is 5.83. The number of nitrogens with one attached hydrogen (secondary N) is 1. The summed E-state index contributed by atoms with van der Waals surface area (Å²) in [6.45, 7) is -0.329. The number of aliphatic hydroxyl groups is 1. The van der Waals surface area contributed by atoms with Crippen LogP contribution >= 0.6 is 0 Å². The molecule has 134 valence electrons. The third kappa shape index (κ3) is 3.43. The molecule has 25 heavy (non-hydrogen) atoms. The first-order valence-electron chi connectivity index (χ1n) is 9.24. The first-order chi connectivity index (χ1) is 12.0. The summed E-state index contributed by atoms with van der Waals surface area (Å²) in [6.07, 6.45) is 5.77. The van der Waals surface area contributed by atoms with Gasteiger partial charge in [0.2, 0.25) is 0 Å². The maximum atomic E-state index is 12.3. The Morgan fingerprint density at radius 1 is 1.08 bits per heavy atom. The molecule has 0 radical (unpaired) electrons. The van der Waals surface area contributed by atoms with E-state index in [1.807, 2.05) is 0 Å². The van der Waals surface area contributed by atoms with Crippen LogP contribution in [0.15, 0.2) is 30.3 Å². The van der Waals surface area contributed by atoms with Gasteiger partial charge in [0, 0.05) is 5.54 Å². The van der Waals surface area contributed by atoms with Crippen LogP contribution in [0.3, 0.4) is 0 Å². The van der Waals surface area contributed by atoms with E-state index in [0.717, 1.165) is 37.0 Å². The summed E-state index contributed by atoms with van der Waals surface area (Å²) in [4.78, 5) is 24.3. The third-order valence-electron chi connectivity index (χ3n) is 6.13. The van der Waals surface area contributed by atoms with Crippen LogP contribution in [0, 0.1) is 17.8 Å². The highest BCUT2D eigenvalue weighted by atomic mass is 16.5. The second kappa shape index (κ2) is 6.45. The molecule has 2 N–H and O–H groups in total. The normalized spacial score (nSPS) is 33.7. The zero-order valence-corrected chi connectivity index (χ0v) is 14.3. The molecule has 1 aromatic rings. The first kappa shape index (κ1) is 16.6. The summed E-state index contributed by atoms with van der Waals surface area (Å²) in [5, 5.41) is 13.2. The molecule has 4 bridgehead atoms. The van der Waals surface area contributed by atoms with Crippen molar-refractivity contribution in [1.82, 2.24) is 5.32 Å². The van der Waals surface area contributed by atoms with E-state index in [0.29, 0.717) is 5.56 Å². The second-order valence-corrected chi connectivity index (χ2v) is 8.17. The molecule has 1 atom stereocenters. The van der Waals surface area contributed by atoms with Gasteiger partial charge in [0.1, 0.15) is 0 Å². The zero-order chi connectivity index (χ0) is 17.4. The Labute approximate surface area is 147 Å². The van der Waals surface area contributed by atoms with Crippen LogP contribution in [0.1, 0.15) is 50.2 Å². The van der Waals surface area contributed by atoms with Gasteiger partial charge in [0.25, 0.3) is 5.91 Å². The van der Waals surface area contributed by atoms with Crippen LogP contribution in [0.25, 0.3) is 0 Å². The molecule has 4 aliphatic rings. The second-order valence-electron chi connectivity index (χ2n) is 8.17. The van der Waals surface area contributed by atoms with Crippen molar-refractivity contribution in [3.63, 3.8) is 0 Å². The Kier molecular flexibility index (Phi) is 4.28. The summed E-state index contributed by atoms with van der Waals surface area (Å²) < 4.78 is 5.03. The lowest BCUT2D eigenvalue weighted by molar-refractivity contribution is -0.158. The van der Waals surface area contributed by atoms with Crippen molar-refractivity contribution in [3.05, 3.63) is 35.9 Å². The summed E-state index contributed by atoms with van der Waals surface area (Å²) in [5.74, 6) is 1.19. The molecule has 0 saturated heterocycles. The fourth-order valence-electron chi connectivity index (χ4n) is 5.58. The number of carbonyl (C=O) groups is 2. The molecule has 5 heteroatoms. The van der Waals surface area contributed by atoms with Gasteiger partial charge < -0.3 is 15.2 Å². The SMILES string of the molecule is O=C(COC(=O)[C@@H](O)c1ccccc1)NC12CC3CC(CC(C3)C1)C2. The predicted molar refractivity (Wildman–Crippen MR) is 91.4 cm³/mol. The fourth-order valence-corrected chi connectivity index (χ4v) is 5.58. The van der Waals surface area contributed by atoms with Crippen molar-refractivity contribution in [2.24, 2.45) is 17.8 Å². The molecule has 5 rings (SSSR count). The van der Waals surface area contributed by atoms with Gasteiger partial charge in [-0.15, -0.1) is 0 Å². The number of esters is 1. The minimum atomic E-state index is -1.35. The maximum Gasteiger partial charge on any atom is 0.340 e. The van der Waals surface area contributed by atoms with Crippen LogP contribution in [-0.4, -0.2) is 29.1 Å². The Morgan fingerprint density at radius 3 is 2.20 bits per heavy atom. The van der Waals surface area contributed by atoms with E-state index in [1.54, 1.807) is 30.3 Å². The minimum absolute atomic E-state index is 0.0870. The van der Waals surface area contributed by atoms with E-state index in [4.69, 9.17) is 4.74 Å². The molecule has 0 unspecified atom stereocenters. The van der Waals surface area contributed by atoms with E-state index >= 15 is 0 Å². The summed E-state index contributed by atoms with van der Waals surface area (Å²) >= 11 is 0. The molecule has 0 spiro atoms. The topological polar surface area (TPSA) is 75.6 Å². The van der Waals surface area contributed by atoms with E-state index < -0.39 is 12.1 Å². The molecule has 0 aliphatic heterocycles. The van der Waals surface area contributed by atoms with Crippen LogP contribution < -0.4 is 5.32 Å². The zero-order valence-electron chi connectivity index (χ0n) is 14.3. The lowest BCUT2D eigenvalue weighted by Gasteiger charge is -2.56. The molecule has 1 amide bonds. The van der Waals surface area contributed by atoms with Gasteiger partial charge >= 0.3 is 5.97 Å². The van der Waals surface area contributed by atoms with Gasteiger partial charge in [-0.3, -0.25) is 4.79 Å². The lowest BCUT2D eigenvalue weighted by atomic mass is 9.53. The number of amides is 1. The van der Waals surface area contributed by atoms with Crippen molar-refractivity contribution in [2.45, 2.75) is 50.2 Å². The van der Waals surface area contributed by atoms with Crippen molar-refractivity contribution < 1.29 is 19.4 Å². The van der Waals surface area contributed by atoms with Crippen LogP contribution in [-0.2, 0) is 14.3 Å². The lowest BCUT2D eigenvalue weighted by Crippen LogP contribution is -2.60. The van der Waals surface area contributed by atoms with E-state index in [-0.39, 0.29) is 18.1 Å². The highest BCUT2D eigenvalue weighted by Gasteiger charge is 2.51. The third-order valence-corrected chi connectivity index (χ3v) is 6.13. The maximum absolute atomic E-state index is 12.3. The largest absolute Gasteiger partial charge is 0.453 e. The van der Waals surface area contributed by atoms with Crippen molar-refractivity contribution >= 4 is 11.9 Å². The molecule has 4 saturated carbocycles. The van der Waals surface area contributed by atoms with Crippen LogP contribution in [0.5, 0.6) is 0 Å². The first-order valence-corrected chi connectivity index (χ1v) is 9.24. The number of aliphatic hydroxyl groups excluding tert-OH is 1. The Balaban J connectivity index is 1.30. The number of rotatable bonds is 5. The smallest absolute Gasteiger partial charge is 0.340 e. The van der Waals surface area contributed by atoms with Gasteiger partial charge in [-0.05, 0) is 61.8 Å². The summed E-state index contributed by atoms with van der Waals surface area (Å²) in [6, 6.07) is 8.60. The van der Waals surface area contributed by atoms with E-state index in [9.17, 15) is 14.7 Å². The molecule has 1 aromatic carbocycles. The number of hydrogen-bond donors (Lipinski definition) is 2. The van der Waals surface area contributed by atoms with Crippen molar-refractivity contribution in [2.75, 3.05) is 6.61 Å². The monoisotopic (exact) mass is 343 g/mol. The van der Waals surface area contributed by atoms with Crippen molar-refractivity contribution in [1.29, 1.82) is 0 Å². The van der Waals surface area contributed by atoms with Gasteiger partial charge in [0.15, 0.2) is 12.7 Å².